The van der Waals surface area contributed by atoms with Crippen LogP contribution in [0.15, 0.2) is 78.0 Å². The molecule has 26 heavy (non-hydrogen) atoms. The Hall–Kier alpha value is -3.31. The molecular weight excluding hydrogens is 346 g/mol. The van der Waals surface area contributed by atoms with Gasteiger partial charge in [-0.15, -0.1) is 0 Å². The monoisotopic (exact) mass is 359 g/mol. The summed E-state index contributed by atoms with van der Waals surface area (Å²) in [4.78, 5) is 13.3. The molecule has 2 aromatic carbocycles. The Labute approximate surface area is 155 Å². The number of benzene rings is 2. The van der Waals surface area contributed by atoms with Crippen LogP contribution in [-0.2, 0) is 0 Å². The van der Waals surface area contributed by atoms with Crippen molar-refractivity contribution in [2.45, 2.75) is 0 Å². The van der Waals surface area contributed by atoms with Gasteiger partial charge in [-0.25, -0.2) is 15.4 Å². The molecular formula is C20H14ClN5. The molecule has 0 bridgehead atoms. The smallest absolute Gasteiger partial charge is 0.244 e. The average Bonchev–Trinajstić information content (AvgIpc) is 2.69. The molecule has 2 aromatic heterocycles. The third-order valence-electron chi connectivity index (χ3n) is 3.75. The third kappa shape index (κ3) is 3.53. The lowest BCUT2D eigenvalue weighted by atomic mass is 10.1. The molecule has 4 aromatic rings. The van der Waals surface area contributed by atoms with Crippen molar-refractivity contribution in [1.82, 2.24) is 15.0 Å². The van der Waals surface area contributed by atoms with E-state index in [0.29, 0.717) is 11.0 Å². The molecule has 0 saturated carbocycles. The fourth-order valence-electron chi connectivity index (χ4n) is 2.58. The molecule has 1 N–H and O–H groups in total. The summed E-state index contributed by atoms with van der Waals surface area (Å²) in [6.07, 6.45) is 3.34. The van der Waals surface area contributed by atoms with Crippen LogP contribution in [0.2, 0.25) is 5.02 Å². The second-order valence-corrected chi connectivity index (χ2v) is 5.98. The van der Waals surface area contributed by atoms with Crippen molar-refractivity contribution in [3.63, 3.8) is 0 Å². The molecule has 0 fully saturated rings. The quantitative estimate of drug-likeness (QED) is 0.420. The topological polar surface area (TPSA) is 63.1 Å². The van der Waals surface area contributed by atoms with E-state index in [1.807, 2.05) is 66.7 Å². The highest BCUT2D eigenvalue weighted by Gasteiger charge is 2.10. The number of hydrogen-bond acceptors (Lipinski definition) is 5. The highest BCUT2D eigenvalue weighted by Crippen LogP contribution is 2.29. The van der Waals surface area contributed by atoms with E-state index in [2.05, 4.69) is 25.5 Å². The van der Waals surface area contributed by atoms with Crippen LogP contribution < -0.4 is 5.43 Å². The van der Waals surface area contributed by atoms with E-state index < -0.39 is 0 Å². The summed E-state index contributed by atoms with van der Waals surface area (Å²) in [5.41, 5.74) is 6.21. The molecule has 0 radical (unpaired) electrons. The Kier molecular flexibility index (Phi) is 4.53. The number of rotatable bonds is 4. The molecule has 0 unspecified atom stereocenters. The van der Waals surface area contributed by atoms with E-state index in [-0.39, 0.29) is 0 Å². The molecule has 5 nitrogen and oxygen atoms in total. The molecule has 0 saturated heterocycles. The summed E-state index contributed by atoms with van der Waals surface area (Å²) in [7, 11) is 0. The van der Waals surface area contributed by atoms with Crippen molar-refractivity contribution in [1.29, 1.82) is 0 Å². The molecule has 0 amide bonds. The van der Waals surface area contributed by atoms with Gasteiger partial charge in [-0.3, -0.25) is 4.98 Å². The number of hydrazone groups is 1. The van der Waals surface area contributed by atoms with Crippen molar-refractivity contribution in [2.24, 2.45) is 5.10 Å². The first-order valence-corrected chi connectivity index (χ1v) is 8.40. The van der Waals surface area contributed by atoms with Gasteiger partial charge in [-0.2, -0.15) is 5.10 Å². The van der Waals surface area contributed by atoms with Gasteiger partial charge in [-0.05, 0) is 30.3 Å². The molecule has 0 aliphatic carbocycles. The fourth-order valence-corrected chi connectivity index (χ4v) is 2.75. The zero-order valence-corrected chi connectivity index (χ0v) is 14.4. The number of halogens is 1. The van der Waals surface area contributed by atoms with Gasteiger partial charge in [0.1, 0.15) is 0 Å². The Bertz CT molecular complexity index is 1070. The molecule has 0 spiro atoms. The second-order valence-electron chi connectivity index (χ2n) is 5.55. The van der Waals surface area contributed by atoms with Crippen molar-refractivity contribution in [3.05, 3.63) is 83.6 Å². The second kappa shape index (κ2) is 7.29. The van der Waals surface area contributed by atoms with E-state index in [9.17, 15) is 0 Å². The number of nitrogens with zero attached hydrogens (tertiary/aromatic N) is 4. The first-order chi connectivity index (χ1) is 12.8. The zero-order chi connectivity index (χ0) is 17.8. The van der Waals surface area contributed by atoms with Gasteiger partial charge in [-0.1, -0.05) is 48.0 Å². The maximum atomic E-state index is 6.17. The summed E-state index contributed by atoms with van der Waals surface area (Å²) < 4.78 is 0. The molecule has 2 heterocycles. The maximum Gasteiger partial charge on any atom is 0.244 e. The Morgan fingerprint density at radius 1 is 0.923 bits per heavy atom. The normalized spacial score (nSPS) is 11.1. The van der Waals surface area contributed by atoms with Crippen LogP contribution in [0.3, 0.4) is 0 Å². The van der Waals surface area contributed by atoms with E-state index >= 15 is 0 Å². The van der Waals surface area contributed by atoms with Crippen LogP contribution in [0.1, 0.15) is 5.69 Å². The predicted molar refractivity (Wildman–Crippen MR) is 105 cm³/mol. The minimum Gasteiger partial charge on any atom is -0.255 e. The standard InChI is InChI=1S/C20H14ClN5/c21-15-9-10-18-17(12-15)19(14-6-2-1-3-7-14)25-20(24-18)26-23-13-16-8-4-5-11-22-16/h1-13H,(H,24,25,26)/b23-13-. The van der Waals surface area contributed by atoms with Gasteiger partial charge in [0.25, 0.3) is 0 Å². The van der Waals surface area contributed by atoms with Crippen LogP contribution in [-0.4, -0.2) is 21.2 Å². The number of fused-ring (bicyclic) bond motifs is 1. The Morgan fingerprint density at radius 2 is 1.77 bits per heavy atom. The minimum absolute atomic E-state index is 0.408. The van der Waals surface area contributed by atoms with Crippen LogP contribution in [0, 0.1) is 0 Å². The van der Waals surface area contributed by atoms with E-state index in [1.54, 1.807) is 12.4 Å². The number of hydrogen-bond donors (Lipinski definition) is 1. The predicted octanol–water partition coefficient (Wildman–Crippen LogP) is 4.79. The van der Waals surface area contributed by atoms with Gasteiger partial charge in [0.05, 0.1) is 23.1 Å². The zero-order valence-electron chi connectivity index (χ0n) is 13.7. The molecule has 6 heteroatoms. The molecule has 0 aliphatic heterocycles. The lowest BCUT2D eigenvalue weighted by Gasteiger charge is -2.09. The van der Waals surface area contributed by atoms with E-state index in [4.69, 9.17) is 11.6 Å². The summed E-state index contributed by atoms with van der Waals surface area (Å²) in [6, 6.07) is 21.1. The van der Waals surface area contributed by atoms with Gasteiger partial charge in [0, 0.05) is 22.2 Å². The van der Waals surface area contributed by atoms with Crippen LogP contribution in [0.4, 0.5) is 5.95 Å². The van der Waals surface area contributed by atoms with Crippen LogP contribution >= 0.6 is 11.6 Å². The number of aromatic nitrogens is 3. The van der Waals surface area contributed by atoms with E-state index in [1.165, 1.54) is 0 Å². The first kappa shape index (κ1) is 16.2. The largest absolute Gasteiger partial charge is 0.255 e. The third-order valence-corrected chi connectivity index (χ3v) is 3.99. The first-order valence-electron chi connectivity index (χ1n) is 8.02. The number of anilines is 1. The van der Waals surface area contributed by atoms with E-state index in [0.717, 1.165) is 27.9 Å². The maximum absolute atomic E-state index is 6.17. The summed E-state index contributed by atoms with van der Waals surface area (Å²) in [6.45, 7) is 0. The number of nitrogens with one attached hydrogen (secondary N) is 1. The summed E-state index contributed by atoms with van der Waals surface area (Å²) in [5, 5.41) is 5.72. The molecule has 0 atom stereocenters. The van der Waals surface area contributed by atoms with Gasteiger partial charge in [0.15, 0.2) is 0 Å². The lowest BCUT2D eigenvalue weighted by molar-refractivity contribution is 1.15. The van der Waals surface area contributed by atoms with Crippen molar-refractivity contribution < 1.29 is 0 Å². The molecule has 0 aliphatic rings. The van der Waals surface area contributed by atoms with Crippen LogP contribution in [0.5, 0.6) is 0 Å². The summed E-state index contributed by atoms with van der Waals surface area (Å²) in [5.74, 6) is 0.408. The molecule has 126 valence electrons. The van der Waals surface area contributed by atoms with Gasteiger partial charge >= 0.3 is 0 Å². The highest BCUT2D eigenvalue weighted by molar-refractivity contribution is 6.31. The minimum atomic E-state index is 0.408. The van der Waals surface area contributed by atoms with Crippen LogP contribution in [0.25, 0.3) is 22.2 Å². The van der Waals surface area contributed by atoms with Gasteiger partial charge in [0.2, 0.25) is 5.95 Å². The van der Waals surface area contributed by atoms with Crippen molar-refractivity contribution >= 4 is 34.7 Å². The van der Waals surface area contributed by atoms with Gasteiger partial charge < -0.3 is 0 Å². The number of pyridine rings is 1. The van der Waals surface area contributed by atoms with Crippen molar-refractivity contribution in [2.75, 3.05) is 5.43 Å². The lowest BCUT2D eigenvalue weighted by Crippen LogP contribution is -2.00. The Morgan fingerprint density at radius 3 is 2.58 bits per heavy atom. The average molecular weight is 360 g/mol. The SMILES string of the molecule is Clc1ccc2nc(N/N=C\c3ccccn3)nc(-c3ccccc3)c2c1. The molecule has 4 rings (SSSR count). The Balaban J connectivity index is 1.74. The highest BCUT2D eigenvalue weighted by atomic mass is 35.5. The fraction of sp³-hybridized carbons (Fsp3) is 0. The summed E-state index contributed by atoms with van der Waals surface area (Å²) >= 11 is 6.17. The van der Waals surface area contributed by atoms with Crippen molar-refractivity contribution in [3.8, 4) is 11.3 Å².